The molecule has 6 nitrogen and oxygen atoms in total. The minimum atomic E-state index is -0.0536. The molecule has 0 bridgehead atoms. The molecule has 0 spiro atoms. The van der Waals surface area contributed by atoms with Crippen molar-refractivity contribution < 1.29 is 4.79 Å². The van der Waals surface area contributed by atoms with E-state index >= 15 is 0 Å². The molecule has 108 valence electrons. The van der Waals surface area contributed by atoms with E-state index in [9.17, 15) is 9.59 Å². The van der Waals surface area contributed by atoms with Crippen molar-refractivity contribution in [3.63, 3.8) is 0 Å². The third kappa shape index (κ3) is 3.80. The van der Waals surface area contributed by atoms with Gasteiger partial charge >= 0.3 is 4.87 Å². The summed E-state index contributed by atoms with van der Waals surface area (Å²) in [6.07, 6.45) is 3.87. The van der Waals surface area contributed by atoms with Crippen LogP contribution in [0.2, 0.25) is 0 Å². The number of carbonyl (C=O) groups is 1. The van der Waals surface area contributed by atoms with Crippen LogP contribution >= 0.6 is 11.3 Å². The fourth-order valence-electron chi connectivity index (χ4n) is 1.97. The molecule has 0 aromatic carbocycles. The Morgan fingerprint density at radius 3 is 2.95 bits per heavy atom. The SMILES string of the molecule is Cc1csc(=O)n1CCC(=O)N[C@H](C)Cn1cccn1. The normalized spacial score (nSPS) is 12.3. The monoisotopic (exact) mass is 294 g/mol. The van der Waals surface area contributed by atoms with Gasteiger partial charge in [-0.05, 0) is 19.9 Å². The topological polar surface area (TPSA) is 68.9 Å². The summed E-state index contributed by atoms with van der Waals surface area (Å²) in [6.45, 7) is 4.86. The first kappa shape index (κ1) is 14.5. The van der Waals surface area contributed by atoms with Gasteiger partial charge in [0.05, 0.1) is 6.54 Å². The van der Waals surface area contributed by atoms with Gasteiger partial charge in [0, 0.05) is 42.5 Å². The molecule has 2 heterocycles. The molecular formula is C13H18N4O2S. The molecule has 2 rings (SSSR count). The number of hydrogen-bond acceptors (Lipinski definition) is 4. The molecule has 0 aliphatic heterocycles. The number of nitrogens with one attached hydrogen (secondary N) is 1. The summed E-state index contributed by atoms with van der Waals surface area (Å²) in [6, 6.07) is 1.85. The Labute approximate surface area is 121 Å². The molecule has 2 aromatic heterocycles. The molecule has 20 heavy (non-hydrogen) atoms. The van der Waals surface area contributed by atoms with Gasteiger partial charge in [-0.2, -0.15) is 5.10 Å². The summed E-state index contributed by atoms with van der Waals surface area (Å²) in [4.78, 5) is 23.4. The van der Waals surface area contributed by atoms with Crippen LogP contribution in [-0.4, -0.2) is 26.3 Å². The van der Waals surface area contributed by atoms with E-state index in [0.717, 1.165) is 17.0 Å². The predicted molar refractivity (Wildman–Crippen MR) is 77.8 cm³/mol. The molecule has 0 saturated heterocycles. The summed E-state index contributed by atoms with van der Waals surface area (Å²) >= 11 is 1.16. The van der Waals surface area contributed by atoms with Crippen molar-refractivity contribution in [2.24, 2.45) is 0 Å². The minimum Gasteiger partial charge on any atom is -0.352 e. The van der Waals surface area contributed by atoms with Crippen LogP contribution in [0.5, 0.6) is 0 Å². The zero-order chi connectivity index (χ0) is 14.5. The predicted octanol–water partition coefficient (Wildman–Crippen LogP) is 1.01. The smallest absolute Gasteiger partial charge is 0.307 e. The van der Waals surface area contributed by atoms with Crippen LogP contribution in [0.25, 0.3) is 0 Å². The Morgan fingerprint density at radius 2 is 2.35 bits per heavy atom. The summed E-state index contributed by atoms with van der Waals surface area (Å²) in [5.74, 6) is -0.0536. The molecule has 0 saturated carbocycles. The van der Waals surface area contributed by atoms with Crippen molar-refractivity contribution in [2.75, 3.05) is 0 Å². The molecule has 0 aliphatic carbocycles. The fourth-order valence-corrected chi connectivity index (χ4v) is 2.73. The second-order valence-corrected chi connectivity index (χ2v) is 5.56. The van der Waals surface area contributed by atoms with E-state index in [-0.39, 0.29) is 16.8 Å². The third-order valence-corrected chi connectivity index (χ3v) is 3.85. The highest BCUT2D eigenvalue weighted by Crippen LogP contribution is 2.01. The number of aryl methyl sites for hydroxylation is 1. The highest BCUT2D eigenvalue weighted by Gasteiger charge is 2.10. The molecular weight excluding hydrogens is 276 g/mol. The Bertz CT molecular complexity index is 615. The third-order valence-electron chi connectivity index (χ3n) is 2.97. The zero-order valence-corrected chi connectivity index (χ0v) is 12.4. The standard InChI is InChI=1S/C13H18N4O2S/c1-10(8-16-6-3-5-14-16)15-12(18)4-7-17-11(2)9-20-13(17)19/h3,5-6,9-10H,4,7-8H2,1-2H3,(H,15,18)/t10-/m1/s1. The number of nitrogens with zero attached hydrogens (tertiary/aromatic N) is 3. The quantitative estimate of drug-likeness (QED) is 0.864. The van der Waals surface area contributed by atoms with Gasteiger partial charge in [-0.3, -0.25) is 14.3 Å². The van der Waals surface area contributed by atoms with Crippen LogP contribution in [0.4, 0.5) is 0 Å². The van der Waals surface area contributed by atoms with Crippen LogP contribution in [0.3, 0.4) is 0 Å². The largest absolute Gasteiger partial charge is 0.352 e. The second-order valence-electron chi connectivity index (χ2n) is 4.74. The Morgan fingerprint density at radius 1 is 1.55 bits per heavy atom. The van der Waals surface area contributed by atoms with Crippen molar-refractivity contribution in [1.29, 1.82) is 0 Å². The van der Waals surface area contributed by atoms with Gasteiger partial charge in [0.25, 0.3) is 0 Å². The lowest BCUT2D eigenvalue weighted by atomic mass is 10.3. The van der Waals surface area contributed by atoms with Gasteiger partial charge in [0.2, 0.25) is 5.91 Å². The summed E-state index contributed by atoms with van der Waals surface area (Å²) in [5.41, 5.74) is 0.900. The summed E-state index contributed by atoms with van der Waals surface area (Å²) in [7, 11) is 0. The number of thiazole rings is 1. The average molecular weight is 294 g/mol. The molecule has 0 radical (unpaired) electrons. The lowest BCUT2D eigenvalue weighted by Crippen LogP contribution is -2.36. The Kier molecular flexibility index (Phi) is 4.73. The van der Waals surface area contributed by atoms with Crippen molar-refractivity contribution in [3.05, 3.63) is 39.2 Å². The van der Waals surface area contributed by atoms with Gasteiger partial charge in [0.15, 0.2) is 0 Å². The van der Waals surface area contributed by atoms with Gasteiger partial charge in [0.1, 0.15) is 0 Å². The number of amides is 1. The van der Waals surface area contributed by atoms with E-state index in [4.69, 9.17) is 0 Å². The first-order chi connectivity index (χ1) is 9.56. The Balaban J connectivity index is 1.79. The number of hydrogen-bond donors (Lipinski definition) is 1. The van der Waals surface area contributed by atoms with E-state index in [0.29, 0.717) is 19.5 Å². The lowest BCUT2D eigenvalue weighted by Gasteiger charge is -2.14. The second kappa shape index (κ2) is 6.51. The lowest BCUT2D eigenvalue weighted by molar-refractivity contribution is -0.122. The van der Waals surface area contributed by atoms with Gasteiger partial charge in [-0.25, -0.2) is 0 Å². The van der Waals surface area contributed by atoms with E-state index in [1.807, 2.05) is 26.1 Å². The van der Waals surface area contributed by atoms with Crippen molar-refractivity contribution in [3.8, 4) is 0 Å². The first-order valence-corrected chi connectivity index (χ1v) is 7.36. The molecule has 0 fully saturated rings. The molecule has 1 amide bonds. The molecule has 2 aromatic rings. The van der Waals surface area contributed by atoms with Crippen LogP contribution in [0.1, 0.15) is 19.0 Å². The number of rotatable bonds is 6. The molecule has 1 N–H and O–H groups in total. The molecule has 0 unspecified atom stereocenters. The highest BCUT2D eigenvalue weighted by molar-refractivity contribution is 7.07. The van der Waals surface area contributed by atoms with Gasteiger partial charge in [-0.15, -0.1) is 0 Å². The number of aromatic nitrogens is 3. The maximum Gasteiger partial charge on any atom is 0.307 e. The van der Waals surface area contributed by atoms with E-state index < -0.39 is 0 Å². The van der Waals surface area contributed by atoms with E-state index in [2.05, 4.69) is 10.4 Å². The average Bonchev–Trinajstić information content (AvgIpc) is 2.98. The summed E-state index contributed by atoms with van der Waals surface area (Å²) in [5, 5.41) is 8.81. The van der Waals surface area contributed by atoms with Crippen molar-refractivity contribution in [2.45, 2.75) is 39.4 Å². The maximum absolute atomic E-state index is 11.8. The van der Waals surface area contributed by atoms with Crippen molar-refractivity contribution >= 4 is 17.2 Å². The fraction of sp³-hybridized carbons (Fsp3) is 0.462. The van der Waals surface area contributed by atoms with Crippen molar-refractivity contribution in [1.82, 2.24) is 19.7 Å². The first-order valence-electron chi connectivity index (χ1n) is 6.48. The zero-order valence-electron chi connectivity index (χ0n) is 11.6. The van der Waals surface area contributed by atoms with Crippen LogP contribution in [-0.2, 0) is 17.9 Å². The van der Waals surface area contributed by atoms with Gasteiger partial charge < -0.3 is 9.88 Å². The van der Waals surface area contributed by atoms with Crippen LogP contribution in [0, 0.1) is 6.92 Å². The molecule has 1 atom stereocenters. The summed E-state index contributed by atoms with van der Waals surface area (Å²) < 4.78 is 3.40. The van der Waals surface area contributed by atoms with E-state index in [1.165, 1.54) is 0 Å². The Hall–Kier alpha value is -1.89. The maximum atomic E-state index is 11.8. The van der Waals surface area contributed by atoms with Crippen LogP contribution in [0.15, 0.2) is 28.6 Å². The van der Waals surface area contributed by atoms with Gasteiger partial charge in [-0.1, -0.05) is 11.3 Å². The minimum absolute atomic E-state index is 0.00249. The molecule has 0 aliphatic rings. The van der Waals surface area contributed by atoms with E-state index in [1.54, 1.807) is 20.8 Å². The highest BCUT2D eigenvalue weighted by atomic mass is 32.1. The molecule has 7 heteroatoms. The number of carbonyl (C=O) groups excluding carboxylic acids is 1. The van der Waals surface area contributed by atoms with Crippen LogP contribution < -0.4 is 10.2 Å².